The van der Waals surface area contributed by atoms with Gasteiger partial charge in [-0.05, 0) is 19.3 Å². The molecule has 0 saturated heterocycles. The molecular formula is C14H37NO4PS+. The summed E-state index contributed by atoms with van der Waals surface area (Å²) in [4.78, 5) is 0. The molecule has 0 fully saturated rings. The van der Waals surface area contributed by atoms with Gasteiger partial charge < -0.3 is 6.15 Å². The second-order valence-corrected chi connectivity index (χ2v) is 11.2. The predicted octanol–water partition coefficient (Wildman–Crippen LogP) is 4.63. The van der Waals surface area contributed by atoms with E-state index in [2.05, 4.69) is 31.6 Å². The van der Waals surface area contributed by atoms with E-state index in [-0.39, 0.29) is 6.15 Å². The SMILES string of the molecule is CCCC[P+](C)(CCCC)CCCC.COS(=O)(=O)O.N. The van der Waals surface area contributed by atoms with E-state index in [1.165, 1.54) is 38.5 Å². The average Bonchev–Trinajstić information content (AvgIpc) is 2.41. The van der Waals surface area contributed by atoms with Crippen LogP contribution in [0.15, 0.2) is 0 Å². The fourth-order valence-electron chi connectivity index (χ4n) is 1.95. The first-order valence-corrected chi connectivity index (χ1v) is 11.8. The topological polar surface area (TPSA) is 98.6 Å². The van der Waals surface area contributed by atoms with Gasteiger partial charge in [-0.15, -0.1) is 0 Å². The summed E-state index contributed by atoms with van der Waals surface area (Å²) in [6.07, 6.45) is 13.2. The monoisotopic (exact) mass is 346 g/mol. The molecular weight excluding hydrogens is 309 g/mol. The van der Waals surface area contributed by atoms with Gasteiger partial charge in [0, 0.05) is 13.9 Å². The smallest absolute Gasteiger partial charge is 0.344 e. The molecule has 0 aliphatic carbocycles. The Balaban J connectivity index is -0.000000394. The number of rotatable bonds is 10. The molecule has 0 amide bonds. The Kier molecular flexibility index (Phi) is 18.9. The van der Waals surface area contributed by atoms with Crippen LogP contribution < -0.4 is 6.15 Å². The molecule has 0 radical (unpaired) electrons. The van der Waals surface area contributed by atoms with Crippen molar-refractivity contribution in [2.24, 2.45) is 0 Å². The van der Waals surface area contributed by atoms with Crippen molar-refractivity contribution in [1.29, 1.82) is 0 Å². The Morgan fingerprint density at radius 1 is 0.905 bits per heavy atom. The molecule has 21 heavy (non-hydrogen) atoms. The van der Waals surface area contributed by atoms with Crippen LogP contribution in [-0.2, 0) is 14.6 Å². The number of hydrogen-bond acceptors (Lipinski definition) is 4. The van der Waals surface area contributed by atoms with E-state index in [1.807, 2.05) is 0 Å². The van der Waals surface area contributed by atoms with Gasteiger partial charge in [-0.2, -0.15) is 8.42 Å². The molecule has 0 saturated carbocycles. The van der Waals surface area contributed by atoms with E-state index < -0.39 is 17.7 Å². The summed E-state index contributed by atoms with van der Waals surface area (Å²) in [6.45, 7) is 9.59. The van der Waals surface area contributed by atoms with Crippen molar-refractivity contribution in [3.8, 4) is 0 Å². The Bertz CT molecular complexity index is 288. The molecule has 0 unspecified atom stereocenters. The normalized spacial score (nSPS) is 11.3. The minimum Gasteiger partial charge on any atom is -0.344 e. The quantitative estimate of drug-likeness (QED) is 0.444. The average molecular weight is 346 g/mol. The molecule has 132 valence electrons. The highest BCUT2D eigenvalue weighted by atomic mass is 32.3. The van der Waals surface area contributed by atoms with E-state index in [4.69, 9.17) is 4.55 Å². The molecule has 0 aromatic rings. The molecule has 7 heteroatoms. The van der Waals surface area contributed by atoms with Crippen molar-refractivity contribution in [2.75, 3.05) is 32.3 Å². The Labute approximate surface area is 133 Å². The van der Waals surface area contributed by atoms with Crippen LogP contribution in [0.3, 0.4) is 0 Å². The first-order valence-electron chi connectivity index (χ1n) is 7.61. The minimum absolute atomic E-state index is 0. The molecule has 0 atom stereocenters. The van der Waals surface area contributed by atoms with E-state index in [1.54, 1.807) is 18.5 Å². The summed E-state index contributed by atoms with van der Waals surface area (Å²) in [5.74, 6) is 0. The van der Waals surface area contributed by atoms with Gasteiger partial charge in [0.05, 0.1) is 25.6 Å². The van der Waals surface area contributed by atoms with Crippen LogP contribution in [0.4, 0.5) is 0 Å². The zero-order valence-electron chi connectivity index (χ0n) is 14.6. The molecule has 0 bridgehead atoms. The van der Waals surface area contributed by atoms with E-state index in [0.29, 0.717) is 0 Å². The number of unbranched alkanes of at least 4 members (excludes halogenated alkanes) is 3. The van der Waals surface area contributed by atoms with Crippen molar-refractivity contribution in [3.63, 3.8) is 0 Å². The molecule has 0 aromatic heterocycles. The molecule has 4 N–H and O–H groups in total. The van der Waals surface area contributed by atoms with Crippen LogP contribution in [0.2, 0.25) is 0 Å². The third-order valence-corrected chi connectivity index (χ3v) is 7.97. The van der Waals surface area contributed by atoms with Gasteiger partial charge in [-0.25, -0.2) is 0 Å². The summed E-state index contributed by atoms with van der Waals surface area (Å²) >= 11 is 0. The van der Waals surface area contributed by atoms with Crippen molar-refractivity contribution in [3.05, 3.63) is 0 Å². The van der Waals surface area contributed by atoms with Crippen LogP contribution >= 0.6 is 7.26 Å². The second-order valence-electron chi connectivity index (χ2n) is 5.45. The third-order valence-electron chi connectivity index (χ3n) is 3.37. The fourth-order valence-corrected chi connectivity index (χ4v) is 5.86. The number of hydrogen-bond donors (Lipinski definition) is 2. The molecule has 0 aromatic carbocycles. The first kappa shape index (κ1) is 26.2. The predicted molar refractivity (Wildman–Crippen MR) is 95.7 cm³/mol. The van der Waals surface area contributed by atoms with Gasteiger partial charge in [0.15, 0.2) is 0 Å². The molecule has 0 rings (SSSR count). The molecule has 5 nitrogen and oxygen atoms in total. The van der Waals surface area contributed by atoms with Crippen LogP contribution in [0, 0.1) is 0 Å². The largest absolute Gasteiger partial charge is 0.397 e. The standard InChI is InChI=1S/C13H30P.CH4O4S.H3N/c1-5-8-11-14(4,12-9-6-2)13-10-7-3;1-5-6(2,3)4;/h5-13H2,1-4H3;1H3,(H,2,3,4);1H3/q+1;;. The second kappa shape index (κ2) is 15.2. The van der Waals surface area contributed by atoms with E-state index in [0.717, 1.165) is 7.11 Å². The van der Waals surface area contributed by atoms with Gasteiger partial charge in [0.1, 0.15) is 0 Å². The Morgan fingerprint density at radius 2 is 1.14 bits per heavy atom. The zero-order valence-corrected chi connectivity index (χ0v) is 16.3. The van der Waals surface area contributed by atoms with E-state index >= 15 is 0 Å². The third kappa shape index (κ3) is 20.3. The van der Waals surface area contributed by atoms with Crippen molar-refractivity contribution in [1.82, 2.24) is 6.15 Å². The molecule has 0 aliphatic rings. The zero-order chi connectivity index (χ0) is 16.1. The van der Waals surface area contributed by atoms with Crippen LogP contribution in [-0.4, -0.2) is 45.2 Å². The van der Waals surface area contributed by atoms with Crippen LogP contribution in [0.5, 0.6) is 0 Å². The molecule has 0 heterocycles. The maximum Gasteiger partial charge on any atom is 0.397 e. The van der Waals surface area contributed by atoms with Crippen molar-refractivity contribution in [2.45, 2.75) is 59.3 Å². The van der Waals surface area contributed by atoms with Gasteiger partial charge >= 0.3 is 10.4 Å². The summed E-state index contributed by atoms with van der Waals surface area (Å²) in [6, 6.07) is 0. The maximum absolute atomic E-state index is 9.33. The summed E-state index contributed by atoms with van der Waals surface area (Å²) in [5.41, 5.74) is 0. The highest BCUT2D eigenvalue weighted by molar-refractivity contribution is 7.80. The highest BCUT2D eigenvalue weighted by Gasteiger charge is 2.28. The van der Waals surface area contributed by atoms with Gasteiger partial charge in [0.25, 0.3) is 0 Å². The molecule has 0 aliphatic heterocycles. The van der Waals surface area contributed by atoms with E-state index in [9.17, 15) is 8.42 Å². The summed E-state index contributed by atoms with van der Waals surface area (Å²) in [7, 11) is -3.81. The lowest BCUT2D eigenvalue weighted by atomic mass is 10.4. The summed E-state index contributed by atoms with van der Waals surface area (Å²) < 4.78 is 29.7. The van der Waals surface area contributed by atoms with Gasteiger partial charge in [-0.1, -0.05) is 40.0 Å². The Morgan fingerprint density at radius 3 is 1.29 bits per heavy atom. The van der Waals surface area contributed by atoms with Crippen LogP contribution in [0.25, 0.3) is 0 Å². The molecule has 0 spiro atoms. The van der Waals surface area contributed by atoms with Crippen molar-refractivity contribution >= 4 is 17.7 Å². The Hall–Kier alpha value is 0.260. The minimum atomic E-state index is -4.16. The highest BCUT2D eigenvalue weighted by Crippen LogP contribution is 2.57. The maximum atomic E-state index is 9.33. The summed E-state index contributed by atoms with van der Waals surface area (Å²) in [5, 5.41) is 0. The van der Waals surface area contributed by atoms with Gasteiger partial charge in [0.2, 0.25) is 0 Å². The fraction of sp³-hybridized carbons (Fsp3) is 1.00. The lowest BCUT2D eigenvalue weighted by Crippen LogP contribution is -2.07. The lowest BCUT2D eigenvalue weighted by molar-refractivity contribution is 0.324. The van der Waals surface area contributed by atoms with Gasteiger partial charge in [-0.3, -0.25) is 8.74 Å². The lowest BCUT2D eigenvalue weighted by Gasteiger charge is -2.22. The first-order chi connectivity index (χ1) is 9.24. The van der Waals surface area contributed by atoms with Crippen LogP contribution in [0.1, 0.15) is 59.3 Å². The van der Waals surface area contributed by atoms with Crippen molar-refractivity contribution < 1.29 is 17.2 Å².